The maximum Gasteiger partial charge on any atom is 0.417 e. The second-order valence-electron chi connectivity index (χ2n) is 4.78. The van der Waals surface area contributed by atoms with Gasteiger partial charge in [-0.2, -0.15) is 26.3 Å². The van der Waals surface area contributed by atoms with Gasteiger partial charge in [0.1, 0.15) is 0 Å². The first-order valence-corrected chi connectivity index (χ1v) is 6.21. The van der Waals surface area contributed by atoms with Crippen LogP contribution < -0.4 is 11.1 Å². The molecule has 0 heterocycles. The smallest absolute Gasteiger partial charge is 0.366 e. The van der Waals surface area contributed by atoms with Crippen LogP contribution in [0.2, 0.25) is 0 Å². The van der Waals surface area contributed by atoms with Gasteiger partial charge in [0.2, 0.25) is 5.91 Å². The molecule has 0 aromatic heterocycles. The van der Waals surface area contributed by atoms with E-state index < -0.39 is 41.8 Å². The van der Waals surface area contributed by atoms with Crippen molar-refractivity contribution in [3.63, 3.8) is 0 Å². The van der Waals surface area contributed by atoms with Crippen molar-refractivity contribution in [2.24, 2.45) is 5.73 Å². The number of nitrogens with one attached hydrogen (secondary N) is 1. The molecule has 0 fully saturated rings. The minimum Gasteiger partial charge on any atom is -0.366 e. The molecule has 3 N–H and O–H groups in total. The molecule has 1 atom stereocenters. The summed E-state index contributed by atoms with van der Waals surface area (Å²) in [6.07, 6.45) is -9.29. The Morgan fingerprint density at radius 2 is 1.82 bits per heavy atom. The summed E-state index contributed by atoms with van der Waals surface area (Å²) in [5.41, 5.74) is 2.75. The second-order valence-corrected chi connectivity index (χ2v) is 4.78. The number of rotatable bonds is 5. The molecule has 0 aliphatic heterocycles. The van der Waals surface area contributed by atoms with E-state index in [0.29, 0.717) is 0 Å². The molecular weight excluding hydrogens is 314 g/mol. The minimum absolute atomic E-state index is 0.279. The van der Waals surface area contributed by atoms with Crippen LogP contribution >= 0.6 is 0 Å². The molecule has 0 bridgehead atoms. The van der Waals surface area contributed by atoms with Gasteiger partial charge < -0.3 is 11.1 Å². The van der Waals surface area contributed by atoms with Crippen molar-refractivity contribution in [2.75, 3.05) is 13.1 Å². The molecule has 1 rings (SSSR count). The lowest BCUT2D eigenvalue weighted by molar-refractivity contribution is -0.139. The summed E-state index contributed by atoms with van der Waals surface area (Å²) in [6, 6.07) is 3.27. The van der Waals surface area contributed by atoms with Crippen molar-refractivity contribution in [1.29, 1.82) is 0 Å². The molecule has 0 aliphatic rings. The van der Waals surface area contributed by atoms with Crippen LogP contribution in [0.25, 0.3) is 0 Å². The highest BCUT2D eigenvalue weighted by Gasteiger charge is 2.38. The Kier molecular flexibility index (Phi) is 5.44. The number of hydrogen-bond donors (Lipinski definition) is 2. The van der Waals surface area contributed by atoms with Crippen molar-refractivity contribution in [2.45, 2.75) is 25.2 Å². The Bertz CT molecular complexity index is 538. The summed E-state index contributed by atoms with van der Waals surface area (Å²) >= 11 is 0. The zero-order chi connectivity index (χ0) is 17.1. The Morgan fingerprint density at radius 3 is 2.27 bits per heavy atom. The first-order chi connectivity index (χ1) is 9.93. The van der Waals surface area contributed by atoms with Crippen LogP contribution in [0.4, 0.5) is 26.3 Å². The van der Waals surface area contributed by atoms with Crippen molar-refractivity contribution in [3.05, 3.63) is 34.9 Å². The lowest BCUT2D eigenvalue weighted by Crippen LogP contribution is -2.32. The van der Waals surface area contributed by atoms with E-state index in [4.69, 9.17) is 5.73 Å². The highest BCUT2D eigenvalue weighted by Crippen LogP contribution is 2.37. The molecule has 0 saturated heterocycles. The molecule has 124 valence electrons. The first kappa shape index (κ1) is 18.3. The monoisotopic (exact) mass is 328 g/mol. The van der Waals surface area contributed by atoms with E-state index in [0.717, 1.165) is 12.1 Å². The van der Waals surface area contributed by atoms with Gasteiger partial charge in [0.25, 0.3) is 0 Å². The van der Waals surface area contributed by atoms with Crippen molar-refractivity contribution in [1.82, 2.24) is 5.32 Å². The number of amides is 1. The van der Waals surface area contributed by atoms with Gasteiger partial charge in [-0.05, 0) is 17.5 Å². The maximum atomic E-state index is 13.1. The summed E-state index contributed by atoms with van der Waals surface area (Å²) in [4.78, 5) is 11.1. The van der Waals surface area contributed by atoms with Gasteiger partial charge in [0, 0.05) is 6.54 Å². The third kappa shape index (κ3) is 4.90. The Morgan fingerprint density at radius 1 is 1.23 bits per heavy atom. The molecule has 3 nitrogen and oxygen atoms in total. The number of hydrogen-bond acceptors (Lipinski definition) is 2. The van der Waals surface area contributed by atoms with E-state index >= 15 is 0 Å². The van der Waals surface area contributed by atoms with E-state index in [1.807, 2.05) is 5.32 Å². The summed E-state index contributed by atoms with van der Waals surface area (Å²) in [7, 11) is 0. The second kappa shape index (κ2) is 6.55. The molecular formula is C13H14F6N2O. The number of carbonyl (C=O) groups is 1. The summed E-state index contributed by atoms with van der Waals surface area (Å²) < 4.78 is 75.5. The van der Waals surface area contributed by atoms with Crippen LogP contribution in [-0.2, 0) is 6.18 Å². The van der Waals surface area contributed by atoms with Crippen molar-refractivity contribution < 1.29 is 31.1 Å². The van der Waals surface area contributed by atoms with Crippen molar-refractivity contribution in [3.8, 4) is 0 Å². The number of halogens is 6. The summed E-state index contributed by atoms with van der Waals surface area (Å²) in [5, 5.41) is 2.04. The largest absolute Gasteiger partial charge is 0.417 e. The quantitative estimate of drug-likeness (QED) is 0.816. The Balaban J connectivity index is 3.08. The topological polar surface area (TPSA) is 55.1 Å². The van der Waals surface area contributed by atoms with Crippen LogP contribution in [0, 0.1) is 0 Å². The minimum atomic E-state index is -4.83. The van der Waals surface area contributed by atoms with Crippen LogP contribution in [0.3, 0.4) is 0 Å². The standard InChI is InChI=1S/C13H14F6N2O/c1-7(5-21-6-12(14,15)16)8-3-2-4-9(11(20)22)10(8)13(17,18)19/h2-4,7,21H,5-6H2,1H3,(H2,20,22)/t7-/m0/s1. The zero-order valence-electron chi connectivity index (χ0n) is 11.5. The average Bonchev–Trinajstić information content (AvgIpc) is 2.35. The Hall–Kier alpha value is -1.77. The maximum absolute atomic E-state index is 13.1. The number of carbonyl (C=O) groups excluding carboxylic acids is 1. The van der Waals surface area contributed by atoms with Gasteiger partial charge in [-0.25, -0.2) is 0 Å². The van der Waals surface area contributed by atoms with Crippen LogP contribution in [0.1, 0.15) is 34.3 Å². The summed E-state index contributed by atoms with van der Waals surface area (Å²) in [6.45, 7) is -0.308. The van der Waals surface area contributed by atoms with Gasteiger partial charge in [0.05, 0.1) is 17.7 Å². The first-order valence-electron chi connectivity index (χ1n) is 6.21. The highest BCUT2D eigenvalue weighted by molar-refractivity contribution is 5.95. The lowest BCUT2D eigenvalue weighted by Gasteiger charge is -2.21. The van der Waals surface area contributed by atoms with E-state index in [-0.39, 0.29) is 12.1 Å². The SMILES string of the molecule is C[C@@H](CNCC(F)(F)F)c1cccc(C(N)=O)c1C(F)(F)F. The normalized spacial score (nSPS) is 14.0. The molecule has 0 radical (unpaired) electrons. The lowest BCUT2D eigenvalue weighted by atomic mass is 9.91. The number of alkyl halides is 6. The summed E-state index contributed by atoms with van der Waals surface area (Å²) in [5.74, 6) is -2.14. The fraction of sp³-hybridized carbons (Fsp3) is 0.462. The third-order valence-corrected chi connectivity index (χ3v) is 2.95. The van der Waals surface area contributed by atoms with Crippen molar-refractivity contribution >= 4 is 5.91 Å². The zero-order valence-corrected chi connectivity index (χ0v) is 11.5. The molecule has 0 aliphatic carbocycles. The van der Waals surface area contributed by atoms with Gasteiger partial charge >= 0.3 is 12.4 Å². The van der Waals surface area contributed by atoms with E-state index in [9.17, 15) is 31.1 Å². The van der Waals surface area contributed by atoms with E-state index in [2.05, 4.69) is 0 Å². The number of benzene rings is 1. The molecule has 0 saturated carbocycles. The predicted octanol–water partition coefficient (Wildman–Crippen LogP) is 3.06. The van der Waals surface area contributed by atoms with Gasteiger partial charge in [0.15, 0.2) is 0 Å². The molecule has 22 heavy (non-hydrogen) atoms. The van der Waals surface area contributed by atoms with Crippen LogP contribution in [-0.4, -0.2) is 25.2 Å². The fourth-order valence-corrected chi connectivity index (χ4v) is 2.04. The third-order valence-electron chi connectivity index (χ3n) is 2.95. The molecule has 1 aromatic carbocycles. The van der Waals surface area contributed by atoms with Gasteiger partial charge in [-0.3, -0.25) is 4.79 Å². The number of primary amides is 1. The average molecular weight is 328 g/mol. The molecule has 1 aromatic rings. The Labute approximate surface area is 122 Å². The highest BCUT2D eigenvalue weighted by atomic mass is 19.4. The fourth-order valence-electron chi connectivity index (χ4n) is 2.04. The van der Waals surface area contributed by atoms with E-state index in [1.54, 1.807) is 0 Å². The molecule has 1 amide bonds. The predicted molar refractivity (Wildman–Crippen MR) is 67.3 cm³/mol. The van der Waals surface area contributed by atoms with Crippen LogP contribution in [0.15, 0.2) is 18.2 Å². The molecule has 0 spiro atoms. The molecule has 0 unspecified atom stereocenters. The number of nitrogens with two attached hydrogens (primary N) is 1. The molecule has 9 heteroatoms. The van der Waals surface area contributed by atoms with E-state index in [1.165, 1.54) is 13.0 Å². The van der Waals surface area contributed by atoms with Crippen LogP contribution in [0.5, 0.6) is 0 Å². The van der Waals surface area contributed by atoms with Gasteiger partial charge in [-0.15, -0.1) is 0 Å². The van der Waals surface area contributed by atoms with Gasteiger partial charge in [-0.1, -0.05) is 19.1 Å².